The molecule has 3 N–H and O–H groups in total. The molecule has 1 atom stereocenters. The number of rotatable bonds is 3. The van der Waals surface area contributed by atoms with E-state index < -0.39 is 11.8 Å². The van der Waals surface area contributed by atoms with Crippen LogP contribution in [0.25, 0.3) is 0 Å². The number of nitriles is 1. The Balaban J connectivity index is 2.39. The number of hydrogen-bond donors (Lipinski definition) is 2. The molecule has 1 aromatic rings. The van der Waals surface area contributed by atoms with Crippen LogP contribution in [0.5, 0.6) is 0 Å². The molecule has 0 aliphatic carbocycles. The van der Waals surface area contributed by atoms with E-state index in [0.29, 0.717) is 11.3 Å². The number of amides is 2. The number of hydrogen-bond acceptors (Lipinski definition) is 4. The Morgan fingerprint density at radius 3 is 2.84 bits per heavy atom. The predicted molar refractivity (Wildman–Crippen MR) is 70.4 cm³/mol. The highest BCUT2D eigenvalue weighted by molar-refractivity contribution is 6.02. The van der Waals surface area contributed by atoms with Crippen LogP contribution in [0.4, 0.5) is 11.4 Å². The van der Waals surface area contributed by atoms with Crippen LogP contribution >= 0.6 is 0 Å². The Bertz CT molecular complexity index is 576. The van der Waals surface area contributed by atoms with Gasteiger partial charge in [-0.2, -0.15) is 5.26 Å². The van der Waals surface area contributed by atoms with E-state index in [0.717, 1.165) is 5.69 Å². The molecule has 1 unspecified atom stereocenters. The van der Waals surface area contributed by atoms with Crippen LogP contribution in [-0.2, 0) is 9.59 Å². The summed E-state index contributed by atoms with van der Waals surface area (Å²) < 4.78 is 0. The van der Waals surface area contributed by atoms with Crippen LogP contribution in [0.1, 0.15) is 12.0 Å². The molecule has 6 heteroatoms. The first kappa shape index (κ1) is 12.9. The fraction of sp³-hybridized carbons (Fsp3) is 0.308. The van der Waals surface area contributed by atoms with Crippen LogP contribution in [0, 0.1) is 17.2 Å². The maximum Gasteiger partial charge on any atom is 0.227 e. The second-order valence-corrected chi connectivity index (χ2v) is 4.40. The van der Waals surface area contributed by atoms with Gasteiger partial charge in [0.2, 0.25) is 11.8 Å². The first-order chi connectivity index (χ1) is 9.06. The van der Waals surface area contributed by atoms with E-state index in [1.165, 1.54) is 4.90 Å². The normalized spacial score (nSPS) is 18.2. The van der Waals surface area contributed by atoms with Crippen molar-refractivity contribution < 1.29 is 9.59 Å². The van der Waals surface area contributed by atoms with Gasteiger partial charge < -0.3 is 16.0 Å². The van der Waals surface area contributed by atoms with Crippen LogP contribution < -0.4 is 16.0 Å². The average Bonchev–Trinajstić information content (AvgIpc) is 2.80. The molecule has 1 heterocycles. The van der Waals surface area contributed by atoms with Gasteiger partial charge in [-0.15, -0.1) is 0 Å². The van der Waals surface area contributed by atoms with E-state index in [4.69, 9.17) is 11.0 Å². The van der Waals surface area contributed by atoms with Gasteiger partial charge in [0.05, 0.1) is 28.9 Å². The van der Waals surface area contributed by atoms with Crippen molar-refractivity contribution in [1.29, 1.82) is 5.26 Å². The Morgan fingerprint density at radius 1 is 1.58 bits per heavy atom. The van der Waals surface area contributed by atoms with E-state index in [9.17, 15) is 9.59 Å². The predicted octanol–water partition coefficient (Wildman–Crippen LogP) is 0.438. The minimum absolute atomic E-state index is 0.120. The van der Waals surface area contributed by atoms with Gasteiger partial charge >= 0.3 is 0 Å². The fourth-order valence-electron chi connectivity index (χ4n) is 2.17. The van der Waals surface area contributed by atoms with E-state index in [1.54, 1.807) is 25.2 Å². The van der Waals surface area contributed by atoms with Crippen molar-refractivity contribution in [1.82, 2.24) is 0 Å². The Labute approximate surface area is 110 Å². The third-order valence-electron chi connectivity index (χ3n) is 3.21. The number of nitrogens with two attached hydrogens (primary N) is 1. The molecule has 1 aliphatic heterocycles. The molecular weight excluding hydrogens is 244 g/mol. The van der Waals surface area contributed by atoms with Crippen molar-refractivity contribution in [2.75, 3.05) is 23.8 Å². The maximum atomic E-state index is 12.0. The van der Waals surface area contributed by atoms with Gasteiger partial charge in [0, 0.05) is 20.0 Å². The molecular formula is C13H14N4O2. The molecule has 1 aliphatic rings. The first-order valence-electron chi connectivity index (χ1n) is 5.88. The molecule has 1 fully saturated rings. The number of carbonyl (C=O) groups is 2. The van der Waals surface area contributed by atoms with Gasteiger partial charge in [-0.3, -0.25) is 9.59 Å². The van der Waals surface area contributed by atoms with Gasteiger partial charge in [-0.25, -0.2) is 0 Å². The molecule has 19 heavy (non-hydrogen) atoms. The number of anilines is 2. The zero-order valence-electron chi connectivity index (χ0n) is 10.5. The van der Waals surface area contributed by atoms with E-state index in [1.807, 2.05) is 6.07 Å². The third-order valence-corrected chi connectivity index (χ3v) is 3.21. The van der Waals surface area contributed by atoms with Crippen LogP contribution in [0.2, 0.25) is 0 Å². The summed E-state index contributed by atoms with van der Waals surface area (Å²) in [5.41, 5.74) is 7.04. The summed E-state index contributed by atoms with van der Waals surface area (Å²) in [5.74, 6) is -1.10. The van der Waals surface area contributed by atoms with Crippen molar-refractivity contribution in [2.24, 2.45) is 11.7 Å². The Kier molecular flexibility index (Phi) is 3.38. The second kappa shape index (κ2) is 4.98. The molecule has 0 saturated carbocycles. The van der Waals surface area contributed by atoms with Crippen molar-refractivity contribution >= 4 is 23.2 Å². The van der Waals surface area contributed by atoms with Crippen LogP contribution in [-0.4, -0.2) is 25.4 Å². The summed E-state index contributed by atoms with van der Waals surface area (Å²) in [5, 5.41) is 11.9. The molecule has 1 aromatic carbocycles. The molecule has 0 bridgehead atoms. The van der Waals surface area contributed by atoms with Crippen LogP contribution in [0.15, 0.2) is 18.2 Å². The van der Waals surface area contributed by atoms with Gasteiger partial charge in [0.15, 0.2) is 0 Å². The Morgan fingerprint density at radius 2 is 2.32 bits per heavy atom. The molecule has 1 saturated heterocycles. The maximum absolute atomic E-state index is 12.0. The SMILES string of the molecule is CNc1ccc(C#N)cc1N1CC(C(N)=O)CC1=O. The number of nitrogens with zero attached hydrogens (tertiary/aromatic N) is 2. The van der Waals surface area contributed by atoms with Gasteiger partial charge in [0.25, 0.3) is 0 Å². The van der Waals surface area contributed by atoms with Crippen molar-refractivity contribution in [2.45, 2.75) is 6.42 Å². The summed E-state index contributed by atoms with van der Waals surface area (Å²) in [6.45, 7) is 0.262. The van der Waals surface area contributed by atoms with Gasteiger partial charge in [-0.05, 0) is 18.2 Å². The van der Waals surface area contributed by atoms with Gasteiger partial charge in [-0.1, -0.05) is 0 Å². The lowest BCUT2D eigenvalue weighted by atomic mass is 10.1. The average molecular weight is 258 g/mol. The molecule has 0 radical (unpaired) electrons. The van der Waals surface area contributed by atoms with E-state index in [2.05, 4.69) is 5.32 Å². The highest BCUT2D eigenvalue weighted by atomic mass is 16.2. The second-order valence-electron chi connectivity index (χ2n) is 4.40. The number of nitrogens with one attached hydrogen (secondary N) is 1. The monoisotopic (exact) mass is 258 g/mol. The largest absolute Gasteiger partial charge is 0.386 e. The summed E-state index contributed by atoms with van der Waals surface area (Å²) >= 11 is 0. The summed E-state index contributed by atoms with van der Waals surface area (Å²) in [6, 6.07) is 7.07. The lowest BCUT2D eigenvalue weighted by Gasteiger charge is -2.20. The Hall–Kier alpha value is -2.55. The zero-order chi connectivity index (χ0) is 14.0. The van der Waals surface area contributed by atoms with Crippen molar-refractivity contribution in [3.8, 4) is 6.07 Å². The van der Waals surface area contributed by atoms with Gasteiger partial charge in [0.1, 0.15) is 0 Å². The molecule has 98 valence electrons. The highest BCUT2D eigenvalue weighted by Crippen LogP contribution is 2.32. The fourth-order valence-corrected chi connectivity index (χ4v) is 2.17. The minimum atomic E-state index is -0.474. The lowest BCUT2D eigenvalue weighted by Crippen LogP contribution is -2.28. The van der Waals surface area contributed by atoms with E-state index >= 15 is 0 Å². The molecule has 6 nitrogen and oxygen atoms in total. The molecule has 0 spiro atoms. The number of primary amides is 1. The molecule has 2 amide bonds. The summed E-state index contributed by atoms with van der Waals surface area (Å²) in [4.78, 5) is 24.6. The van der Waals surface area contributed by atoms with Crippen molar-refractivity contribution in [3.63, 3.8) is 0 Å². The van der Waals surface area contributed by atoms with Crippen molar-refractivity contribution in [3.05, 3.63) is 23.8 Å². The smallest absolute Gasteiger partial charge is 0.227 e. The summed E-state index contributed by atoms with van der Waals surface area (Å²) in [7, 11) is 1.73. The molecule has 2 rings (SSSR count). The summed E-state index contributed by atoms with van der Waals surface area (Å²) in [6.07, 6.45) is 0.120. The zero-order valence-corrected chi connectivity index (χ0v) is 10.5. The standard InChI is InChI=1S/C13H14N4O2/c1-16-10-3-2-8(6-14)4-11(10)17-7-9(13(15)19)5-12(17)18/h2-4,9,16H,5,7H2,1H3,(H2,15,19). The minimum Gasteiger partial charge on any atom is -0.386 e. The highest BCUT2D eigenvalue weighted by Gasteiger charge is 2.34. The molecule has 0 aromatic heterocycles. The topological polar surface area (TPSA) is 99.2 Å². The number of benzene rings is 1. The quantitative estimate of drug-likeness (QED) is 0.821. The van der Waals surface area contributed by atoms with E-state index in [-0.39, 0.29) is 18.9 Å². The van der Waals surface area contributed by atoms with Crippen LogP contribution in [0.3, 0.4) is 0 Å². The third kappa shape index (κ3) is 2.36. The lowest BCUT2D eigenvalue weighted by molar-refractivity contribution is -0.123. The first-order valence-corrected chi connectivity index (χ1v) is 5.88. The number of carbonyl (C=O) groups excluding carboxylic acids is 2.